The molecule has 1 aromatic rings. The molecule has 0 bridgehead atoms. The summed E-state index contributed by atoms with van der Waals surface area (Å²) in [5.41, 5.74) is 0.848. The molecule has 1 unspecified atom stereocenters. The van der Waals surface area contributed by atoms with Gasteiger partial charge in [-0.3, -0.25) is 4.79 Å². The Labute approximate surface area is 93.2 Å². The fourth-order valence-electron chi connectivity index (χ4n) is 1.10. The molecule has 15 heavy (non-hydrogen) atoms. The Kier molecular flexibility index (Phi) is 4.39. The summed E-state index contributed by atoms with van der Waals surface area (Å²) in [6, 6.07) is 6.51. The summed E-state index contributed by atoms with van der Waals surface area (Å²) in [6.45, 7) is 0.327. The standard InChI is InChI=1S/C10H13ClN2O2/c1-12-9(10(14)15)6-13-8-4-2-7(11)3-5-8/h2-5,9,12-13H,6H2,1H3,(H,14,15). The molecule has 0 saturated heterocycles. The first-order valence-electron chi connectivity index (χ1n) is 4.53. The van der Waals surface area contributed by atoms with Gasteiger partial charge >= 0.3 is 5.97 Å². The maximum absolute atomic E-state index is 10.7. The number of anilines is 1. The molecule has 4 nitrogen and oxygen atoms in total. The maximum Gasteiger partial charge on any atom is 0.322 e. The second-order valence-corrected chi connectivity index (χ2v) is 3.50. The van der Waals surface area contributed by atoms with Crippen molar-refractivity contribution in [3.05, 3.63) is 29.3 Å². The number of carboxylic acids is 1. The van der Waals surface area contributed by atoms with Crippen molar-refractivity contribution in [1.82, 2.24) is 5.32 Å². The average molecular weight is 229 g/mol. The number of benzene rings is 1. The normalized spacial score (nSPS) is 12.1. The van der Waals surface area contributed by atoms with Crippen LogP contribution in [0.5, 0.6) is 0 Å². The molecule has 0 fully saturated rings. The second kappa shape index (κ2) is 5.58. The summed E-state index contributed by atoms with van der Waals surface area (Å²) >= 11 is 5.72. The molecule has 0 aliphatic heterocycles. The quantitative estimate of drug-likeness (QED) is 0.714. The molecule has 5 heteroatoms. The minimum absolute atomic E-state index is 0.327. The molecule has 1 rings (SSSR count). The Morgan fingerprint density at radius 2 is 2.07 bits per heavy atom. The van der Waals surface area contributed by atoms with Crippen molar-refractivity contribution in [3.63, 3.8) is 0 Å². The van der Waals surface area contributed by atoms with Gasteiger partial charge in [-0.05, 0) is 31.3 Å². The highest BCUT2D eigenvalue weighted by Gasteiger charge is 2.13. The smallest absolute Gasteiger partial charge is 0.322 e. The Bertz CT molecular complexity index is 327. The van der Waals surface area contributed by atoms with E-state index in [2.05, 4.69) is 10.6 Å². The highest BCUT2D eigenvalue weighted by Crippen LogP contribution is 2.13. The van der Waals surface area contributed by atoms with Crippen LogP contribution in [-0.2, 0) is 4.79 Å². The number of hydrogen-bond donors (Lipinski definition) is 3. The van der Waals surface area contributed by atoms with E-state index >= 15 is 0 Å². The second-order valence-electron chi connectivity index (χ2n) is 3.07. The van der Waals surface area contributed by atoms with Crippen molar-refractivity contribution in [3.8, 4) is 0 Å². The predicted octanol–water partition coefficient (Wildman–Crippen LogP) is 1.42. The number of carboxylic acid groups (broad SMARTS) is 1. The summed E-state index contributed by atoms with van der Waals surface area (Å²) in [6.07, 6.45) is 0. The van der Waals surface area contributed by atoms with Crippen molar-refractivity contribution >= 4 is 23.3 Å². The summed E-state index contributed by atoms with van der Waals surface area (Å²) in [5, 5.41) is 15.1. The summed E-state index contributed by atoms with van der Waals surface area (Å²) in [4.78, 5) is 10.7. The van der Waals surface area contributed by atoms with Crippen LogP contribution in [0.2, 0.25) is 5.02 Å². The molecule has 0 radical (unpaired) electrons. The Morgan fingerprint density at radius 3 is 2.53 bits per heavy atom. The molecular weight excluding hydrogens is 216 g/mol. The number of aliphatic carboxylic acids is 1. The average Bonchev–Trinajstić information content (AvgIpc) is 2.21. The maximum atomic E-state index is 10.7. The third-order valence-electron chi connectivity index (χ3n) is 2.00. The fourth-order valence-corrected chi connectivity index (χ4v) is 1.23. The minimum Gasteiger partial charge on any atom is -0.480 e. The van der Waals surface area contributed by atoms with Crippen LogP contribution in [0.1, 0.15) is 0 Å². The number of hydrogen-bond acceptors (Lipinski definition) is 3. The Balaban J connectivity index is 2.49. The van der Waals surface area contributed by atoms with Crippen LogP contribution < -0.4 is 10.6 Å². The van der Waals surface area contributed by atoms with Gasteiger partial charge in [0.15, 0.2) is 0 Å². The first-order valence-corrected chi connectivity index (χ1v) is 4.91. The van der Waals surface area contributed by atoms with Crippen molar-refractivity contribution in [2.45, 2.75) is 6.04 Å². The molecule has 0 aliphatic carbocycles. The lowest BCUT2D eigenvalue weighted by atomic mass is 10.2. The van der Waals surface area contributed by atoms with Gasteiger partial charge in [0.25, 0.3) is 0 Å². The predicted molar refractivity (Wildman–Crippen MR) is 60.4 cm³/mol. The lowest BCUT2D eigenvalue weighted by Crippen LogP contribution is -2.39. The number of likely N-dealkylation sites (N-methyl/N-ethyl adjacent to an activating group) is 1. The van der Waals surface area contributed by atoms with Gasteiger partial charge in [-0.15, -0.1) is 0 Å². The van der Waals surface area contributed by atoms with Gasteiger partial charge in [0.1, 0.15) is 6.04 Å². The molecule has 1 atom stereocenters. The third-order valence-corrected chi connectivity index (χ3v) is 2.25. The fraction of sp³-hybridized carbons (Fsp3) is 0.300. The van der Waals surface area contributed by atoms with Crippen LogP contribution in [0, 0.1) is 0 Å². The molecule has 1 aromatic carbocycles. The van der Waals surface area contributed by atoms with Gasteiger partial charge < -0.3 is 15.7 Å². The van der Waals surface area contributed by atoms with E-state index in [4.69, 9.17) is 16.7 Å². The lowest BCUT2D eigenvalue weighted by molar-refractivity contribution is -0.138. The van der Waals surface area contributed by atoms with E-state index in [0.717, 1.165) is 5.69 Å². The van der Waals surface area contributed by atoms with E-state index < -0.39 is 12.0 Å². The minimum atomic E-state index is -0.876. The van der Waals surface area contributed by atoms with Crippen LogP contribution in [0.25, 0.3) is 0 Å². The van der Waals surface area contributed by atoms with Gasteiger partial charge in [-0.1, -0.05) is 11.6 Å². The SMILES string of the molecule is CNC(CNc1ccc(Cl)cc1)C(=O)O. The molecule has 0 aliphatic rings. The first-order chi connectivity index (χ1) is 7.13. The van der Waals surface area contributed by atoms with Crippen molar-refractivity contribution in [2.75, 3.05) is 18.9 Å². The Hall–Kier alpha value is -1.26. The van der Waals surface area contributed by atoms with E-state index in [1.165, 1.54) is 0 Å². The zero-order valence-electron chi connectivity index (χ0n) is 8.33. The highest BCUT2D eigenvalue weighted by molar-refractivity contribution is 6.30. The lowest BCUT2D eigenvalue weighted by Gasteiger charge is -2.13. The van der Waals surface area contributed by atoms with Gasteiger partial charge in [0.2, 0.25) is 0 Å². The number of halogens is 1. The van der Waals surface area contributed by atoms with Gasteiger partial charge in [-0.25, -0.2) is 0 Å². The number of nitrogens with one attached hydrogen (secondary N) is 2. The zero-order chi connectivity index (χ0) is 11.3. The molecule has 0 heterocycles. The van der Waals surface area contributed by atoms with Gasteiger partial charge in [0.05, 0.1) is 0 Å². The van der Waals surface area contributed by atoms with Crippen LogP contribution in [0.4, 0.5) is 5.69 Å². The van der Waals surface area contributed by atoms with E-state index in [1.54, 1.807) is 31.3 Å². The first kappa shape index (κ1) is 11.8. The summed E-state index contributed by atoms with van der Waals surface area (Å²) in [5.74, 6) is -0.876. The summed E-state index contributed by atoms with van der Waals surface area (Å²) < 4.78 is 0. The van der Waals surface area contributed by atoms with E-state index in [-0.39, 0.29) is 0 Å². The zero-order valence-corrected chi connectivity index (χ0v) is 9.08. The van der Waals surface area contributed by atoms with Crippen molar-refractivity contribution in [1.29, 1.82) is 0 Å². The van der Waals surface area contributed by atoms with Crippen LogP contribution in [-0.4, -0.2) is 30.7 Å². The van der Waals surface area contributed by atoms with Crippen LogP contribution in [0.15, 0.2) is 24.3 Å². The van der Waals surface area contributed by atoms with Crippen LogP contribution >= 0.6 is 11.6 Å². The van der Waals surface area contributed by atoms with Crippen molar-refractivity contribution in [2.24, 2.45) is 0 Å². The Morgan fingerprint density at radius 1 is 1.47 bits per heavy atom. The molecule has 0 aromatic heterocycles. The third kappa shape index (κ3) is 3.77. The molecule has 0 spiro atoms. The largest absolute Gasteiger partial charge is 0.480 e. The summed E-state index contributed by atoms with van der Waals surface area (Å²) in [7, 11) is 1.61. The molecule has 0 saturated carbocycles. The highest BCUT2D eigenvalue weighted by atomic mass is 35.5. The van der Waals surface area contributed by atoms with Gasteiger partial charge in [0, 0.05) is 17.3 Å². The number of carbonyl (C=O) groups is 1. The number of rotatable bonds is 5. The van der Waals surface area contributed by atoms with E-state index in [9.17, 15) is 4.79 Å². The monoisotopic (exact) mass is 228 g/mol. The molecule has 82 valence electrons. The molecule has 0 amide bonds. The van der Waals surface area contributed by atoms with Crippen LogP contribution in [0.3, 0.4) is 0 Å². The van der Waals surface area contributed by atoms with E-state index in [1.807, 2.05) is 0 Å². The molecular formula is C10H13ClN2O2. The van der Waals surface area contributed by atoms with Crippen molar-refractivity contribution < 1.29 is 9.90 Å². The van der Waals surface area contributed by atoms with Gasteiger partial charge in [-0.2, -0.15) is 0 Å². The topological polar surface area (TPSA) is 61.4 Å². The molecule has 3 N–H and O–H groups in total. The van der Waals surface area contributed by atoms with E-state index in [0.29, 0.717) is 11.6 Å².